The van der Waals surface area contributed by atoms with Gasteiger partial charge in [0.15, 0.2) is 5.82 Å². The van der Waals surface area contributed by atoms with Gasteiger partial charge in [-0.25, -0.2) is 4.98 Å². The molecule has 2 unspecified atom stereocenters. The van der Waals surface area contributed by atoms with E-state index in [1.54, 1.807) is 6.20 Å². The Balaban J connectivity index is 2.32. The molecule has 2 heterocycles. The van der Waals surface area contributed by atoms with E-state index in [2.05, 4.69) is 28.7 Å². The van der Waals surface area contributed by atoms with E-state index in [4.69, 9.17) is 17.3 Å². The minimum atomic E-state index is 0.256. The van der Waals surface area contributed by atoms with Crippen molar-refractivity contribution in [3.63, 3.8) is 0 Å². The lowest BCUT2D eigenvalue weighted by molar-refractivity contribution is 0.625. The first-order valence-corrected chi connectivity index (χ1v) is 5.50. The monoisotopic (exact) mass is 226 g/mol. The van der Waals surface area contributed by atoms with Gasteiger partial charge in [-0.3, -0.25) is 0 Å². The SMILES string of the molecule is CC1CC(C)N(c2nc(Cl)ncc2N)C1. The highest BCUT2D eigenvalue weighted by Crippen LogP contribution is 2.31. The third-order valence-electron chi connectivity index (χ3n) is 2.82. The zero-order valence-corrected chi connectivity index (χ0v) is 9.70. The molecule has 4 nitrogen and oxygen atoms in total. The number of hydrogen-bond donors (Lipinski definition) is 1. The highest BCUT2D eigenvalue weighted by atomic mass is 35.5. The fourth-order valence-corrected chi connectivity index (χ4v) is 2.32. The Bertz CT molecular complexity index is 368. The number of nitrogens with zero attached hydrogens (tertiary/aromatic N) is 3. The fourth-order valence-electron chi connectivity index (χ4n) is 2.19. The van der Waals surface area contributed by atoms with Crippen LogP contribution in [0.25, 0.3) is 0 Å². The topological polar surface area (TPSA) is 55.0 Å². The Morgan fingerprint density at radius 2 is 2.27 bits per heavy atom. The van der Waals surface area contributed by atoms with Crippen LogP contribution in [-0.2, 0) is 0 Å². The summed E-state index contributed by atoms with van der Waals surface area (Å²) in [5.74, 6) is 1.44. The van der Waals surface area contributed by atoms with Gasteiger partial charge >= 0.3 is 0 Å². The molecule has 0 radical (unpaired) electrons. The first-order valence-electron chi connectivity index (χ1n) is 5.12. The molecule has 0 amide bonds. The minimum Gasteiger partial charge on any atom is -0.394 e. The second-order valence-electron chi connectivity index (χ2n) is 4.26. The Morgan fingerprint density at radius 1 is 1.53 bits per heavy atom. The Hall–Kier alpha value is -1.03. The molecule has 1 saturated heterocycles. The lowest BCUT2D eigenvalue weighted by Crippen LogP contribution is -2.28. The first kappa shape index (κ1) is 10.5. The van der Waals surface area contributed by atoms with E-state index >= 15 is 0 Å². The van der Waals surface area contributed by atoms with Crippen LogP contribution in [0.3, 0.4) is 0 Å². The lowest BCUT2D eigenvalue weighted by Gasteiger charge is -2.23. The number of halogens is 1. The van der Waals surface area contributed by atoms with Crippen LogP contribution < -0.4 is 10.6 Å². The van der Waals surface area contributed by atoms with Crippen LogP contribution in [0, 0.1) is 5.92 Å². The maximum atomic E-state index is 5.85. The molecular formula is C10H15ClN4. The van der Waals surface area contributed by atoms with Crippen molar-refractivity contribution in [3.8, 4) is 0 Å². The van der Waals surface area contributed by atoms with E-state index < -0.39 is 0 Å². The molecule has 2 atom stereocenters. The van der Waals surface area contributed by atoms with Gasteiger partial charge in [-0.1, -0.05) is 6.92 Å². The molecule has 0 bridgehead atoms. The van der Waals surface area contributed by atoms with Gasteiger partial charge in [0.2, 0.25) is 5.28 Å². The van der Waals surface area contributed by atoms with E-state index in [1.807, 2.05) is 0 Å². The van der Waals surface area contributed by atoms with E-state index in [-0.39, 0.29) is 5.28 Å². The predicted molar refractivity (Wildman–Crippen MR) is 62.0 cm³/mol. The Morgan fingerprint density at radius 3 is 2.87 bits per heavy atom. The van der Waals surface area contributed by atoms with Crippen molar-refractivity contribution in [3.05, 3.63) is 11.5 Å². The summed E-state index contributed by atoms with van der Waals surface area (Å²) in [5, 5.41) is 0.256. The summed E-state index contributed by atoms with van der Waals surface area (Å²) in [6.07, 6.45) is 2.74. The molecule has 2 rings (SSSR count). The summed E-state index contributed by atoms with van der Waals surface area (Å²) in [5.41, 5.74) is 6.45. The molecule has 1 aliphatic rings. The Kier molecular flexibility index (Phi) is 2.69. The molecule has 1 aliphatic heterocycles. The van der Waals surface area contributed by atoms with Crippen LogP contribution in [-0.4, -0.2) is 22.6 Å². The van der Waals surface area contributed by atoms with Crippen LogP contribution in [0.5, 0.6) is 0 Å². The quantitative estimate of drug-likeness (QED) is 0.744. The van der Waals surface area contributed by atoms with Gasteiger partial charge in [-0.15, -0.1) is 0 Å². The molecule has 15 heavy (non-hydrogen) atoms. The predicted octanol–water partition coefficient (Wildman–Crippen LogP) is 1.95. The molecule has 1 aromatic rings. The number of nitrogen functional groups attached to an aromatic ring is 1. The molecule has 5 heteroatoms. The van der Waals surface area contributed by atoms with E-state index in [9.17, 15) is 0 Å². The zero-order chi connectivity index (χ0) is 11.0. The molecule has 0 saturated carbocycles. The second-order valence-corrected chi connectivity index (χ2v) is 4.60. The van der Waals surface area contributed by atoms with Crippen molar-refractivity contribution in [2.24, 2.45) is 5.92 Å². The van der Waals surface area contributed by atoms with Crippen LogP contribution in [0.1, 0.15) is 20.3 Å². The van der Waals surface area contributed by atoms with Gasteiger partial charge in [-0.2, -0.15) is 4.98 Å². The third-order valence-corrected chi connectivity index (χ3v) is 3.00. The normalized spacial score (nSPS) is 25.9. The summed E-state index contributed by atoms with van der Waals surface area (Å²) in [6, 6.07) is 0.466. The van der Waals surface area contributed by atoms with Crippen LogP contribution in [0.4, 0.5) is 11.5 Å². The minimum absolute atomic E-state index is 0.256. The van der Waals surface area contributed by atoms with Gasteiger partial charge in [0.05, 0.1) is 11.9 Å². The summed E-state index contributed by atoms with van der Waals surface area (Å²) in [6.45, 7) is 5.40. The smallest absolute Gasteiger partial charge is 0.224 e. The van der Waals surface area contributed by atoms with Gasteiger partial charge in [0.1, 0.15) is 0 Å². The van der Waals surface area contributed by atoms with E-state index in [0.29, 0.717) is 17.6 Å². The molecule has 2 N–H and O–H groups in total. The summed E-state index contributed by atoms with van der Waals surface area (Å²) in [7, 11) is 0. The zero-order valence-electron chi connectivity index (χ0n) is 8.94. The summed E-state index contributed by atoms with van der Waals surface area (Å²) < 4.78 is 0. The van der Waals surface area contributed by atoms with Crippen LogP contribution >= 0.6 is 11.6 Å². The summed E-state index contributed by atoms with van der Waals surface area (Å²) in [4.78, 5) is 10.3. The molecule has 0 spiro atoms. The molecule has 82 valence electrons. The number of rotatable bonds is 1. The van der Waals surface area contributed by atoms with E-state index in [1.165, 1.54) is 6.42 Å². The van der Waals surface area contributed by atoms with Crippen molar-refractivity contribution in [2.75, 3.05) is 17.2 Å². The highest BCUT2D eigenvalue weighted by molar-refractivity contribution is 6.28. The van der Waals surface area contributed by atoms with Crippen molar-refractivity contribution < 1.29 is 0 Å². The third kappa shape index (κ3) is 2.00. The standard InChI is InChI=1S/C10H15ClN4/c1-6-3-7(2)15(5-6)9-8(12)4-13-10(11)14-9/h4,6-7H,3,5,12H2,1-2H3. The fraction of sp³-hybridized carbons (Fsp3) is 0.600. The number of hydrogen-bond acceptors (Lipinski definition) is 4. The highest BCUT2D eigenvalue weighted by Gasteiger charge is 2.28. The number of nitrogens with two attached hydrogens (primary N) is 1. The maximum absolute atomic E-state index is 5.85. The molecule has 1 aromatic heterocycles. The number of aromatic nitrogens is 2. The lowest BCUT2D eigenvalue weighted by atomic mass is 10.1. The molecule has 0 aliphatic carbocycles. The largest absolute Gasteiger partial charge is 0.394 e. The van der Waals surface area contributed by atoms with Crippen LogP contribution in [0.15, 0.2) is 6.20 Å². The van der Waals surface area contributed by atoms with Gasteiger partial charge in [0.25, 0.3) is 0 Å². The average molecular weight is 227 g/mol. The molecule has 0 aromatic carbocycles. The van der Waals surface area contributed by atoms with Crippen molar-refractivity contribution in [1.29, 1.82) is 0 Å². The molecular weight excluding hydrogens is 212 g/mol. The van der Waals surface area contributed by atoms with Gasteiger partial charge in [-0.05, 0) is 30.9 Å². The average Bonchev–Trinajstić information content (AvgIpc) is 2.50. The second kappa shape index (κ2) is 3.85. The van der Waals surface area contributed by atoms with Gasteiger partial charge in [0, 0.05) is 12.6 Å². The van der Waals surface area contributed by atoms with Crippen molar-refractivity contribution in [1.82, 2.24) is 9.97 Å². The van der Waals surface area contributed by atoms with Gasteiger partial charge < -0.3 is 10.6 Å². The number of anilines is 2. The summed E-state index contributed by atoms with van der Waals surface area (Å²) >= 11 is 5.77. The van der Waals surface area contributed by atoms with E-state index in [0.717, 1.165) is 12.4 Å². The first-order chi connectivity index (χ1) is 7.08. The maximum Gasteiger partial charge on any atom is 0.224 e. The van der Waals surface area contributed by atoms with Crippen molar-refractivity contribution >= 4 is 23.1 Å². The Labute approximate surface area is 94.5 Å². The van der Waals surface area contributed by atoms with Crippen LogP contribution in [0.2, 0.25) is 5.28 Å². The molecule has 1 fully saturated rings. The van der Waals surface area contributed by atoms with Crippen molar-refractivity contribution in [2.45, 2.75) is 26.3 Å².